The summed E-state index contributed by atoms with van der Waals surface area (Å²) < 4.78 is 25.6. The molecule has 7 heteroatoms. The summed E-state index contributed by atoms with van der Waals surface area (Å²) in [6.45, 7) is 1.52. The summed E-state index contributed by atoms with van der Waals surface area (Å²) in [6, 6.07) is 14.4. The van der Waals surface area contributed by atoms with Crippen LogP contribution >= 0.6 is 23.5 Å². The van der Waals surface area contributed by atoms with Gasteiger partial charge < -0.3 is 14.4 Å². The van der Waals surface area contributed by atoms with Crippen LogP contribution in [-0.4, -0.2) is 48.2 Å². The van der Waals surface area contributed by atoms with Gasteiger partial charge in [0.25, 0.3) is 5.91 Å². The molecule has 0 spiro atoms. The first-order valence-electron chi connectivity index (χ1n) is 10.8. The molecule has 2 aliphatic rings. The van der Waals surface area contributed by atoms with Crippen LogP contribution in [0.25, 0.3) is 0 Å². The molecule has 31 heavy (non-hydrogen) atoms. The van der Waals surface area contributed by atoms with E-state index in [9.17, 15) is 9.18 Å². The zero-order valence-corrected chi connectivity index (χ0v) is 19.1. The smallest absolute Gasteiger partial charge is 0.260 e. The molecule has 1 amide bonds. The van der Waals surface area contributed by atoms with E-state index in [0.717, 1.165) is 25.0 Å². The lowest BCUT2D eigenvalue weighted by atomic mass is 10.1. The van der Waals surface area contributed by atoms with E-state index in [1.807, 2.05) is 41.7 Å². The third kappa shape index (κ3) is 6.64. The zero-order chi connectivity index (χ0) is 21.5. The molecule has 1 atom stereocenters. The van der Waals surface area contributed by atoms with Crippen molar-refractivity contribution in [2.45, 2.75) is 36.5 Å². The van der Waals surface area contributed by atoms with Gasteiger partial charge in [0.15, 0.2) is 6.61 Å². The second-order valence-electron chi connectivity index (χ2n) is 7.82. The summed E-state index contributed by atoms with van der Waals surface area (Å²) in [5, 5.41) is 0. The van der Waals surface area contributed by atoms with Crippen molar-refractivity contribution in [3.8, 4) is 5.75 Å². The van der Waals surface area contributed by atoms with E-state index < -0.39 is 0 Å². The van der Waals surface area contributed by atoms with Gasteiger partial charge in [0, 0.05) is 19.7 Å². The van der Waals surface area contributed by atoms with E-state index in [0.29, 0.717) is 23.4 Å². The molecular weight excluding hydrogens is 433 g/mol. The van der Waals surface area contributed by atoms with Gasteiger partial charge >= 0.3 is 0 Å². The van der Waals surface area contributed by atoms with E-state index in [1.165, 1.54) is 35.6 Å². The zero-order valence-electron chi connectivity index (χ0n) is 17.5. The summed E-state index contributed by atoms with van der Waals surface area (Å²) in [6.07, 6.45) is 3.24. The third-order valence-electron chi connectivity index (χ3n) is 5.40. The molecule has 2 fully saturated rings. The SMILES string of the molecule is O=C(COc1ccc(C2SCCCS2)cc1)N(Cc1cccc(F)c1)CC1CCCO1. The quantitative estimate of drug-likeness (QED) is 0.535. The molecule has 0 saturated carbocycles. The second kappa shape index (κ2) is 11.2. The Morgan fingerprint density at radius 3 is 2.65 bits per heavy atom. The van der Waals surface area contributed by atoms with E-state index in [2.05, 4.69) is 12.1 Å². The number of halogens is 1. The van der Waals surface area contributed by atoms with Gasteiger partial charge in [-0.15, -0.1) is 23.5 Å². The van der Waals surface area contributed by atoms with Crippen LogP contribution in [0.15, 0.2) is 48.5 Å². The molecule has 2 aromatic rings. The van der Waals surface area contributed by atoms with Crippen molar-refractivity contribution in [3.05, 3.63) is 65.5 Å². The Hall–Kier alpha value is -1.70. The normalized spacial score (nSPS) is 19.3. The number of carbonyl (C=O) groups is 1. The fourth-order valence-corrected chi connectivity index (χ4v) is 6.68. The molecule has 1 unspecified atom stereocenters. The molecule has 0 N–H and O–H groups in total. The first-order chi connectivity index (χ1) is 15.2. The molecule has 0 radical (unpaired) electrons. The van der Waals surface area contributed by atoms with Crippen LogP contribution in [0.2, 0.25) is 0 Å². The van der Waals surface area contributed by atoms with Crippen molar-refractivity contribution in [1.29, 1.82) is 0 Å². The van der Waals surface area contributed by atoms with Gasteiger partial charge in [-0.25, -0.2) is 4.39 Å². The number of hydrogen-bond acceptors (Lipinski definition) is 5. The molecule has 2 aromatic carbocycles. The lowest BCUT2D eigenvalue weighted by Crippen LogP contribution is -2.39. The molecule has 0 aliphatic carbocycles. The minimum Gasteiger partial charge on any atom is -0.484 e. The second-order valence-corrected chi connectivity index (χ2v) is 10.5. The number of rotatable bonds is 8. The highest BCUT2D eigenvalue weighted by molar-refractivity contribution is 8.16. The first kappa shape index (κ1) is 22.5. The van der Waals surface area contributed by atoms with Gasteiger partial charge in [0.1, 0.15) is 11.6 Å². The minimum atomic E-state index is -0.298. The standard InChI is InChI=1S/C24H28FNO3S2/c25-20-5-1-4-18(14-20)15-26(16-22-6-2-11-28-22)23(27)17-29-21-9-7-19(8-10-21)24-30-12-3-13-31-24/h1,4-5,7-10,14,22,24H,2-3,6,11-13,15-17H2. The van der Waals surface area contributed by atoms with Crippen LogP contribution < -0.4 is 4.74 Å². The Kier molecular flexibility index (Phi) is 8.16. The van der Waals surface area contributed by atoms with Crippen LogP contribution in [0.5, 0.6) is 5.75 Å². The average molecular weight is 462 g/mol. The molecule has 4 rings (SSSR count). The van der Waals surface area contributed by atoms with E-state index in [1.54, 1.807) is 11.0 Å². The molecule has 4 nitrogen and oxygen atoms in total. The van der Waals surface area contributed by atoms with Gasteiger partial charge in [-0.3, -0.25) is 4.79 Å². The summed E-state index contributed by atoms with van der Waals surface area (Å²) in [4.78, 5) is 14.7. The number of hydrogen-bond donors (Lipinski definition) is 0. The maximum atomic E-state index is 13.6. The Bertz CT molecular complexity index is 852. The maximum absolute atomic E-state index is 13.6. The van der Waals surface area contributed by atoms with Crippen molar-refractivity contribution in [2.24, 2.45) is 0 Å². The highest BCUT2D eigenvalue weighted by atomic mass is 32.2. The van der Waals surface area contributed by atoms with Gasteiger partial charge in [-0.05, 0) is 66.2 Å². The monoisotopic (exact) mass is 461 g/mol. The molecule has 2 heterocycles. The summed E-state index contributed by atoms with van der Waals surface area (Å²) in [5.74, 6) is 2.67. The lowest BCUT2D eigenvalue weighted by Gasteiger charge is -2.26. The van der Waals surface area contributed by atoms with Crippen molar-refractivity contribution in [2.75, 3.05) is 31.3 Å². The maximum Gasteiger partial charge on any atom is 0.260 e. The van der Waals surface area contributed by atoms with Crippen LogP contribution in [-0.2, 0) is 16.1 Å². The van der Waals surface area contributed by atoms with Crippen molar-refractivity contribution in [1.82, 2.24) is 4.90 Å². The molecule has 0 bridgehead atoms. The molecule has 0 aromatic heterocycles. The molecular formula is C24H28FNO3S2. The van der Waals surface area contributed by atoms with Crippen molar-refractivity contribution < 1.29 is 18.7 Å². The van der Waals surface area contributed by atoms with Crippen LogP contribution in [0.3, 0.4) is 0 Å². The Morgan fingerprint density at radius 1 is 1.13 bits per heavy atom. The van der Waals surface area contributed by atoms with Crippen molar-refractivity contribution >= 4 is 29.4 Å². The highest BCUT2D eigenvalue weighted by Crippen LogP contribution is 2.43. The summed E-state index contributed by atoms with van der Waals surface area (Å²) in [7, 11) is 0. The number of amides is 1. The van der Waals surface area contributed by atoms with E-state index in [-0.39, 0.29) is 24.4 Å². The number of nitrogens with zero attached hydrogens (tertiary/aromatic N) is 1. The predicted octanol–water partition coefficient (Wildman–Crippen LogP) is 5.28. The molecule has 2 aliphatic heterocycles. The van der Waals surface area contributed by atoms with E-state index >= 15 is 0 Å². The third-order valence-corrected chi connectivity index (χ3v) is 8.42. The number of ether oxygens (including phenoxy) is 2. The fourth-order valence-electron chi connectivity index (χ4n) is 3.78. The minimum absolute atomic E-state index is 0.0299. The Morgan fingerprint density at radius 2 is 1.94 bits per heavy atom. The average Bonchev–Trinajstić information content (AvgIpc) is 3.31. The molecule has 2 saturated heterocycles. The Balaban J connectivity index is 1.35. The fraction of sp³-hybridized carbons (Fsp3) is 0.458. The van der Waals surface area contributed by atoms with Gasteiger partial charge in [0.2, 0.25) is 0 Å². The number of benzene rings is 2. The van der Waals surface area contributed by atoms with Crippen LogP contribution in [0.4, 0.5) is 4.39 Å². The van der Waals surface area contributed by atoms with Gasteiger partial charge in [-0.1, -0.05) is 24.3 Å². The Labute approximate surface area is 191 Å². The van der Waals surface area contributed by atoms with E-state index in [4.69, 9.17) is 9.47 Å². The largest absolute Gasteiger partial charge is 0.484 e. The van der Waals surface area contributed by atoms with Crippen LogP contribution in [0, 0.1) is 5.82 Å². The lowest BCUT2D eigenvalue weighted by molar-refractivity contribution is -0.135. The topological polar surface area (TPSA) is 38.8 Å². The number of thioether (sulfide) groups is 2. The predicted molar refractivity (Wildman–Crippen MR) is 125 cm³/mol. The highest BCUT2D eigenvalue weighted by Gasteiger charge is 2.23. The molecule has 166 valence electrons. The van der Waals surface area contributed by atoms with Gasteiger partial charge in [-0.2, -0.15) is 0 Å². The van der Waals surface area contributed by atoms with Crippen LogP contribution in [0.1, 0.15) is 35.0 Å². The summed E-state index contributed by atoms with van der Waals surface area (Å²) >= 11 is 3.97. The van der Waals surface area contributed by atoms with Gasteiger partial charge in [0.05, 0.1) is 10.7 Å². The number of carbonyl (C=O) groups excluding carboxylic acids is 1. The first-order valence-corrected chi connectivity index (χ1v) is 12.9. The van der Waals surface area contributed by atoms with Crippen molar-refractivity contribution in [3.63, 3.8) is 0 Å². The summed E-state index contributed by atoms with van der Waals surface area (Å²) in [5.41, 5.74) is 2.05.